The van der Waals surface area contributed by atoms with Gasteiger partial charge in [0.2, 0.25) is 0 Å². The van der Waals surface area contributed by atoms with Crippen LogP contribution in [-0.4, -0.2) is 30.5 Å². The van der Waals surface area contributed by atoms with Crippen molar-refractivity contribution in [2.75, 3.05) is 13.6 Å². The second-order valence-corrected chi connectivity index (χ2v) is 6.27. The van der Waals surface area contributed by atoms with E-state index in [-0.39, 0.29) is 17.8 Å². The summed E-state index contributed by atoms with van der Waals surface area (Å²) in [6.45, 7) is 2.75. The van der Waals surface area contributed by atoms with Crippen molar-refractivity contribution in [3.63, 3.8) is 0 Å². The maximum absolute atomic E-state index is 13.6. The summed E-state index contributed by atoms with van der Waals surface area (Å²) in [4.78, 5) is 14.2. The first-order chi connectivity index (χ1) is 11.6. The Bertz CT molecular complexity index is 740. The number of carbonyl (C=O) groups is 1. The Labute approximate surface area is 142 Å². The Morgan fingerprint density at radius 2 is 2.04 bits per heavy atom. The number of carbonyl (C=O) groups excluding carboxylic acids is 1. The molecule has 1 fully saturated rings. The SMILES string of the molecule is CCCN(C)C(=O)c1ccc(-c2cccc(F)c2)c(OC2CC2)c1. The van der Waals surface area contributed by atoms with Crippen molar-refractivity contribution < 1.29 is 13.9 Å². The minimum atomic E-state index is -0.285. The van der Waals surface area contributed by atoms with Crippen LogP contribution < -0.4 is 4.74 Å². The van der Waals surface area contributed by atoms with Crippen LogP contribution in [0.3, 0.4) is 0 Å². The number of rotatable bonds is 6. The average molecular weight is 327 g/mol. The number of hydrogen-bond donors (Lipinski definition) is 0. The zero-order chi connectivity index (χ0) is 17.1. The van der Waals surface area contributed by atoms with E-state index in [2.05, 4.69) is 0 Å². The largest absolute Gasteiger partial charge is 0.490 e. The van der Waals surface area contributed by atoms with Crippen molar-refractivity contribution in [3.05, 3.63) is 53.8 Å². The van der Waals surface area contributed by atoms with E-state index in [1.807, 2.05) is 19.1 Å². The fraction of sp³-hybridized carbons (Fsp3) is 0.350. The summed E-state index contributed by atoms with van der Waals surface area (Å²) < 4.78 is 19.5. The monoisotopic (exact) mass is 327 g/mol. The van der Waals surface area contributed by atoms with Crippen LogP contribution in [0.15, 0.2) is 42.5 Å². The van der Waals surface area contributed by atoms with E-state index in [4.69, 9.17) is 4.74 Å². The van der Waals surface area contributed by atoms with Crippen LogP contribution >= 0.6 is 0 Å². The molecule has 1 amide bonds. The topological polar surface area (TPSA) is 29.5 Å². The standard InChI is InChI=1S/C20H22FNO2/c1-3-11-22(2)20(23)15-7-10-18(14-5-4-6-16(21)12-14)19(13-15)24-17-8-9-17/h4-7,10,12-13,17H,3,8-9,11H2,1-2H3. The van der Waals surface area contributed by atoms with E-state index < -0.39 is 0 Å². The van der Waals surface area contributed by atoms with Gasteiger partial charge in [0, 0.05) is 24.7 Å². The molecule has 0 aromatic heterocycles. The van der Waals surface area contributed by atoms with E-state index in [0.717, 1.165) is 30.4 Å². The van der Waals surface area contributed by atoms with Crippen LogP contribution in [-0.2, 0) is 0 Å². The van der Waals surface area contributed by atoms with Gasteiger partial charge >= 0.3 is 0 Å². The minimum absolute atomic E-state index is 0.0247. The van der Waals surface area contributed by atoms with Crippen LogP contribution in [0, 0.1) is 5.82 Å². The van der Waals surface area contributed by atoms with Gasteiger partial charge < -0.3 is 9.64 Å². The fourth-order valence-corrected chi connectivity index (χ4v) is 2.67. The molecule has 1 aliphatic carbocycles. The molecule has 1 saturated carbocycles. The van der Waals surface area contributed by atoms with E-state index in [9.17, 15) is 9.18 Å². The molecule has 0 radical (unpaired) electrons. The summed E-state index contributed by atoms with van der Waals surface area (Å²) in [6, 6.07) is 11.9. The summed E-state index contributed by atoms with van der Waals surface area (Å²) in [7, 11) is 1.80. The van der Waals surface area contributed by atoms with Crippen molar-refractivity contribution in [2.24, 2.45) is 0 Å². The smallest absolute Gasteiger partial charge is 0.253 e. The van der Waals surface area contributed by atoms with Gasteiger partial charge in [-0.1, -0.05) is 19.1 Å². The first kappa shape index (κ1) is 16.5. The van der Waals surface area contributed by atoms with Crippen LogP contribution in [0.1, 0.15) is 36.5 Å². The molecule has 0 heterocycles. The van der Waals surface area contributed by atoms with Crippen LogP contribution in [0.25, 0.3) is 11.1 Å². The first-order valence-corrected chi connectivity index (χ1v) is 8.40. The van der Waals surface area contributed by atoms with Crippen molar-refractivity contribution in [3.8, 4) is 16.9 Å². The summed E-state index contributed by atoms with van der Waals surface area (Å²) in [5.74, 6) is 0.342. The molecule has 0 unspecified atom stereocenters. The van der Waals surface area contributed by atoms with Crippen molar-refractivity contribution in [2.45, 2.75) is 32.3 Å². The van der Waals surface area contributed by atoms with Crippen molar-refractivity contribution in [1.82, 2.24) is 4.90 Å². The molecule has 0 atom stereocenters. The van der Waals surface area contributed by atoms with E-state index in [1.165, 1.54) is 12.1 Å². The maximum atomic E-state index is 13.6. The molecule has 4 heteroatoms. The van der Waals surface area contributed by atoms with Gasteiger partial charge in [-0.15, -0.1) is 0 Å². The lowest BCUT2D eigenvalue weighted by Crippen LogP contribution is -2.27. The lowest BCUT2D eigenvalue weighted by atomic mass is 10.0. The number of nitrogens with zero attached hydrogens (tertiary/aromatic N) is 1. The van der Waals surface area contributed by atoms with Gasteiger partial charge in [-0.2, -0.15) is 0 Å². The summed E-state index contributed by atoms with van der Waals surface area (Å²) in [6.07, 6.45) is 3.17. The van der Waals surface area contributed by atoms with Gasteiger partial charge in [-0.3, -0.25) is 4.79 Å². The summed E-state index contributed by atoms with van der Waals surface area (Å²) >= 11 is 0. The highest BCUT2D eigenvalue weighted by Gasteiger charge is 2.25. The molecule has 3 rings (SSSR count). The normalized spacial score (nSPS) is 13.6. The Morgan fingerprint density at radius 1 is 1.25 bits per heavy atom. The minimum Gasteiger partial charge on any atom is -0.490 e. The molecular formula is C20H22FNO2. The first-order valence-electron chi connectivity index (χ1n) is 8.40. The van der Waals surface area contributed by atoms with E-state index >= 15 is 0 Å². The van der Waals surface area contributed by atoms with Gasteiger partial charge in [-0.25, -0.2) is 4.39 Å². The predicted molar refractivity (Wildman–Crippen MR) is 92.7 cm³/mol. The van der Waals surface area contributed by atoms with E-state index in [1.54, 1.807) is 30.1 Å². The summed E-state index contributed by atoms with van der Waals surface area (Å²) in [5.41, 5.74) is 2.17. The van der Waals surface area contributed by atoms with Gasteiger partial charge in [0.15, 0.2) is 0 Å². The second kappa shape index (κ2) is 7.04. The van der Waals surface area contributed by atoms with Gasteiger partial charge in [0.1, 0.15) is 11.6 Å². The van der Waals surface area contributed by atoms with Crippen LogP contribution in [0.4, 0.5) is 4.39 Å². The number of hydrogen-bond acceptors (Lipinski definition) is 2. The third-order valence-electron chi connectivity index (χ3n) is 4.09. The molecule has 2 aromatic rings. The van der Waals surface area contributed by atoms with Gasteiger partial charge in [0.25, 0.3) is 5.91 Å². The summed E-state index contributed by atoms with van der Waals surface area (Å²) in [5, 5.41) is 0. The molecular weight excluding hydrogens is 305 g/mol. The molecule has 2 aromatic carbocycles. The van der Waals surface area contributed by atoms with Crippen LogP contribution in [0.5, 0.6) is 5.75 Å². The molecule has 0 spiro atoms. The molecule has 0 saturated heterocycles. The van der Waals surface area contributed by atoms with Crippen LogP contribution in [0.2, 0.25) is 0 Å². The molecule has 0 bridgehead atoms. The molecule has 0 N–H and O–H groups in total. The Balaban J connectivity index is 1.96. The highest BCUT2D eigenvalue weighted by Crippen LogP contribution is 2.36. The third-order valence-corrected chi connectivity index (χ3v) is 4.09. The lowest BCUT2D eigenvalue weighted by Gasteiger charge is -2.18. The van der Waals surface area contributed by atoms with Crippen molar-refractivity contribution in [1.29, 1.82) is 0 Å². The number of ether oxygens (including phenoxy) is 1. The van der Waals surface area contributed by atoms with Gasteiger partial charge in [-0.05, 0) is 55.2 Å². The second-order valence-electron chi connectivity index (χ2n) is 6.27. The number of halogens is 1. The number of amides is 1. The predicted octanol–water partition coefficient (Wildman–Crippen LogP) is 4.52. The lowest BCUT2D eigenvalue weighted by molar-refractivity contribution is 0.0794. The zero-order valence-electron chi connectivity index (χ0n) is 14.1. The fourth-order valence-electron chi connectivity index (χ4n) is 2.67. The highest BCUT2D eigenvalue weighted by molar-refractivity contribution is 5.95. The zero-order valence-corrected chi connectivity index (χ0v) is 14.1. The van der Waals surface area contributed by atoms with Gasteiger partial charge in [0.05, 0.1) is 6.10 Å². The molecule has 126 valence electrons. The molecule has 1 aliphatic rings. The number of benzene rings is 2. The quantitative estimate of drug-likeness (QED) is 0.781. The Morgan fingerprint density at radius 3 is 2.71 bits per heavy atom. The van der Waals surface area contributed by atoms with Crippen molar-refractivity contribution >= 4 is 5.91 Å². The molecule has 3 nitrogen and oxygen atoms in total. The Kier molecular flexibility index (Phi) is 4.84. The molecule has 24 heavy (non-hydrogen) atoms. The average Bonchev–Trinajstić information content (AvgIpc) is 3.38. The highest BCUT2D eigenvalue weighted by atomic mass is 19.1. The maximum Gasteiger partial charge on any atom is 0.253 e. The van der Waals surface area contributed by atoms with E-state index in [0.29, 0.717) is 17.9 Å². The third kappa shape index (κ3) is 3.75. The Hall–Kier alpha value is -2.36. The molecule has 0 aliphatic heterocycles.